The van der Waals surface area contributed by atoms with Gasteiger partial charge in [-0.1, -0.05) is 18.5 Å². The van der Waals surface area contributed by atoms with E-state index < -0.39 is 5.41 Å². The molecule has 1 aromatic carbocycles. The first kappa shape index (κ1) is 13.4. The van der Waals surface area contributed by atoms with Crippen LogP contribution in [0.15, 0.2) is 18.2 Å². The van der Waals surface area contributed by atoms with Gasteiger partial charge >= 0.3 is 0 Å². The third-order valence-corrected chi connectivity index (χ3v) is 3.70. The molecule has 2 rings (SSSR count). The average Bonchev–Trinajstić information content (AvgIpc) is 2.34. The van der Waals surface area contributed by atoms with Crippen molar-refractivity contribution in [1.29, 1.82) is 10.5 Å². The zero-order valence-electron chi connectivity index (χ0n) is 10.4. The molecule has 1 aliphatic rings. The highest BCUT2D eigenvalue weighted by molar-refractivity contribution is 6.32. The van der Waals surface area contributed by atoms with Gasteiger partial charge in [0, 0.05) is 5.69 Å². The molecule has 0 aromatic heterocycles. The minimum atomic E-state index is -0.917. The summed E-state index contributed by atoms with van der Waals surface area (Å²) in [4.78, 5) is 12.1. The number of nitrogens with zero attached hydrogens (tertiary/aromatic N) is 2. The van der Waals surface area contributed by atoms with Crippen molar-refractivity contribution in [2.24, 2.45) is 11.3 Å². The van der Waals surface area contributed by atoms with Crippen molar-refractivity contribution < 1.29 is 4.79 Å². The molecule has 1 saturated carbocycles. The molecule has 1 aliphatic carbocycles. The number of hydrogen-bond donors (Lipinski definition) is 1. The number of carbonyl (C=O) groups excluding carboxylic acids is 1. The monoisotopic (exact) mass is 273 g/mol. The number of halogens is 1. The van der Waals surface area contributed by atoms with Crippen LogP contribution in [0.1, 0.15) is 25.3 Å². The van der Waals surface area contributed by atoms with E-state index in [0.29, 0.717) is 30.0 Å². The molecule has 0 unspecified atom stereocenters. The standard InChI is InChI=1S/C14H12ClN3O/c1-9-5-14(6-9,8-17)13(19)18-11-3-2-10(7-16)12(15)4-11/h2-4,9H,5-6H2,1H3,(H,18,19). The lowest BCUT2D eigenvalue weighted by Crippen LogP contribution is -2.45. The van der Waals surface area contributed by atoms with Crippen LogP contribution in [0.2, 0.25) is 5.02 Å². The molecule has 0 saturated heterocycles. The summed E-state index contributed by atoms with van der Waals surface area (Å²) in [6.07, 6.45) is 1.17. The first-order valence-corrected chi connectivity index (χ1v) is 6.31. The van der Waals surface area contributed by atoms with Gasteiger partial charge in [0.15, 0.2) is 0 Å². The van der Waals surface area contributed by atoms with Gasteiger partial charge in [0.25, 0.3) is 0 Å². The highest BCUT2D eigenvalue weighted by Crippen LogP contribution is 2.45. The minimum Gasteiger partial charge on any atom is -0.325 e. The van der Waals surface area contributed by atoms with E-state index in [-0.39, 0.29) is 10.9 Å². The van der Waals surface area contributed by atoms with E-state index in [1.807, 2.05) is 13.0 Å². The molecule has 1 N–H and O–H groups in total. The van der Waals surface area contributed by atoms with Gasteiger partial charge in [-0.2, -0.15) is 10.5 Å². The molecule has 4 nitrogen and oxygen atoms in total. The molecule has 0 heterocycles. The Hall–Kier alpha value is -2.04. The normalized spacial score (nSPS) is 24.7. The molecule has 0 bridgehead atoms. The van der Waals surface area contributed by atoms with Gasteiger partial charge in [-0.25, -0.2) is 0 Å². The fourth-order valence-corrected chi connectivity index (χ4v) is 2.61. The molecular weight excluding hydrogens is 262 g/mol. The molecule has 0 spiro atoms. The number of carbonyl (C=O) groups is 1. The van der Waals surface area contributed by atoms with Crippen LogP contribution < -0.4 is 5.32 Å². The second-order valence-electron chi connectivity index (χ2n) is 4.97. The Morgan fingerprint density at radius 1 is 1.47 bits per heavy atom. The first-order valence-electron chi connectivity index (χ1n) is 5.93. The van der Waals surface area contributed by atoms with E-state index >= 15 is 0 Å². The third-order valence-electron chi connectivity index (χ3n) is 3.39. The van der Waals surface area contributed by atoms with Gasteiger partial charge in [-0.05, 0) is 37.0 Å². The molecule has 5 heteroatoms. The molecule has 19 heavy (non-hydrogen) atoms. The topological polar surface area (TPSA) is 76.7 Å². The Kier molecular flexibility index (Phi) is 3.46. The number of rotatable bonds is 2. The summed E-state index contributed by atoms with van der Waals surface area (Å²) in [5, 5.41) is 20.9. The van der Waals surface area contributed by atoms with Crippen molar-refractivity contribution in [3.8, 4) is 12.1 Å². The summed E-state index contributed by atoms with van der Waals surface area (Å²) in [5.41, 5.74) is -0.0603. The number of nitriles is 2. The summed E-state index contributed by atoms with van der Waals surface area (Å²) in [6.45, 7) is 2.02. The van der Waals surface area contributed by atoms with Crippen LogP contribution >= 0.6 is 11.6 Å². The number of nitrogens with one attached hydrogen (secondary N) is 1. The van der Waals surface area contributed by atoms with Crippen molar-refractivity contribution in [3.63, 3.8) is 0 Å². The largest absolute Gasteiger partial charge is 0.325 e. The van der Waals surface area contributed by atoms with E-state index in [9.17, 15) is 4.79 Å². The molecule has 0 atom stereocenters. The summed E-state index contributed by atoms with van der Waals surface area (Å²) in [5.74, 6) is 0.101. The Morgan fingerprint density at radius 3 is 2.63 bits per heavy atom. The smallest absolute Gasteiger partial charge is 0.244 e. The molecule has 0 radical (unpaired) electrons. The van der Waals surface area contributed by atoms with Gasteiger partial charge in [0.1, 0.15) is 11.5 Å². The van der Waals surface area contributed by atoms with E-state index in [1.165, 1.54) is 6.07 Å². The van der Waals surface area contributed by atoms with Gasteiger partial charge < -0.3 is 5.32 Å². The quantitative estimate of drug-likeness (QED) is 0.899. The van der Waals surface area contributed by atoms with E-state index in [0.717, 1.165) is 0 Å². The van der Waals surface area contributed by atoms with Gasteiger partial charge in [0.2, 0.25) is 5.91 Å². The van der Waals surface area contributed by atoms with Gasteiger partial charge in [-0.3, -0.25) is 4.79 Å². The molecule has 1 aromatic rings. The molecule has 0 aliphatic heterocycles. The average molecular weight is 274 g/mol. The van der Waals surface area contributed by atoms with Gasteiger partial charge in [0.05, 0.1) is 16.7 Å². The minimum absolute atomic E-state index is 0.285. The van der Waals surface area contributed by atoms with E-state index in [4.69, 9.17) is 22.1 Å². The van der Waals surface area contributed by atoms with Crippen LogP contribution in [0.3, 0.4) is 0 Å². The fraction of sp³-hybridized carbons (Fsp3) is 0.357. The van der Waals surface area contributed by atoms with Crippen LogP contribution in [0.25, 0.3) is 0 Å². The number of benzene rings is 1. The second-order valence-corrected chi connectivity index (χ2v) is 5.38. The van der Waals surface area contributed by atoms with Crippen LogP contribution in [0.4, 0.5) is 5.69 Å². The number of hydrogen-bond acceptors (Lipinski definition) is 3. The summed E-state index contributed by atoms with van der Waals surface area (Å²) < 4.78 is 0. The fourth-order valence-electron chi connectivity index (χ4n) is 2.39. The SMILES string of the molecule is CC1CC(C#N)(C(=O)Nc2ccc(C#N)c(Cl)c2)C1. The predicted octanol–water partition coefficient (Wildman–Crippen LogP) is 3.09. The van der Waals surface area contributed by atoms with E-state index in [1.54, 1.807) is 12.1 Å². The summed E-state index contributed by atoms with van der Waals surface area (Å²) in [6, 6.07) is 8.72. The maximum Gasteiger partial charge on any atom is 0.244 e. The lowest BCUT2D eigenvalue weighted by molar-refractivity contribution is -0.128. The zero-order valence-corrected chi connectivity index (χ0v) is 11.2. The van der Waals surface area contributed by atoms with Crippen molar-refractivity contribution in [3.05, 3.63) is 28.8 Å². The van der Waals surface area contributed by atoms with Crippen LogP contribution in [-0.4, -0.2) is 5.91 Å². The zero-order chi connectivity index (χ0) is 14.0. The number of anilines is 1. The Morgan fingerprint density at radius 2 is 2.16 bits per heavy atom. The predicted molar refractivity (Wildman–Crippen MR) is 71.2 cm³/mol. The van der Waals surface area contributed by atoms with Crippen molar-refractivity contribution in [1.82, 2.24) is 0 Å². The van der Waals surface area contributed by atoms with Crippen LogP contribution in [0.5, 0.6) is 0 Å². The van der Waals surface area contributed by atoms with Crippen LogP contribution in [0, 0.1) is 34.0 Å². The molecule has 96 valence electrons. The second kappa shape index (κ2) is 4.91. The Balaban J connectivity index is 2.14. The first-order chi connectivity index (χ1) is 9.00. The van der Waals surface area contributed by atoms with Crippen molar-refractivity contribution in [2.45, 2.75) is 19.8 Å². The third kappa shape index (κ3) is 2.41. The summed E-state index contributed by atoms with van der Waals surface area (Å²) >= 11 is 5.89. The molecule has 1 amide bonds. The molecular formula is C14H12ClN3O. The van der Waals surface area contributed by atoms with Crippen molar-refractivity contribution >= 4 is 23.2 Å². The van der Waals surface area contributed by atoms with E-state index in [2.05, 4.69) is 11.4 Å². The lowest BCUT2D eigenvalue weighted by Gasteiger charge is -2.39. The Labute approximate surface area is 116 Å². The Bertz CT molecular complexity index is 606. The number of amides is 1. The van der Waals surface area contributed by atoms with Crippen molar-refractivity contribution in [2.75, 3.05) is 5.32 Å². The highest BCUT2D eigenvalue weighted by atomic mass is 35.5. The van der Waals surface area contributed by atoms with Gasteiger partial charge in [-0.15, -0.1) is 0 Å². The van der Waals surface area contributed by atoms with Crippen LogP contribution in [-0.2, 0) is 4.79 Å². The molecule has 1 fully saturated rings. The maximum absolute atomic E-state index is 12.1. The summed E-state index contributed by atoms with van der Waals surface area (Å²) in [7, 11) is 0. The highest BCUT2D eigenvalue weighted by Gasteiger charge is 2.48. The lowest BCUT2D eigenvalue weighted by atomic mass is 9.63. The maximum atomic E-state index is 12.1.